The average molecular weight is 620 g/mol. The van der Waals surface area contributed by atoms with Crippen molar-refractivity contribution in [3.05, 3.63) is 136 Å². The van der Waals surface area contributed by atoms with Gasteiger partial charge in [-0.3, -0.25) is 4.79 Å². The van der Waals surface area contributed by atoms with Gasteiger partial charge in [-0.1, -0.05) is 82.7 Å². The normalized spacial score (nSPS) is 11.0. The first-order chi connectivity index (χ1) is 20.5. The molecule has 0 heterocycles. The summed E-state index contributed by atoms with van der Waals surface area (Å²) in [6.07, 6.45) is 1.51. The smallest absolute Gasteiger partial charge is 0.266 e. The molecule has 5 rings (SSSR count). The molecule has 0 radical (unpaired) electrons. The molecule has 0 aliphatic carbocycles. The molecule has 0 spiro atoms. The summed E-state index contributed by atoms with van der Waals surface area (Å²) in [4.78, 5) is 12.9. The molecular weight excluding hydrogens is 592 g/mol. The number of anilines is 1. The molecular formula is C35H27BrN2O4. The number of methoxy groups -OCH3 is 1. The number of carbonyl (C=O) groups is 1. The lowest BCUT2D eigenvalue weighted by molar-refractivity contribution is -0.112. The Labute approximate surface area is 252 Å². The van der Waals surface area contributed by atoms with Gasteiger partial charge in [0, 0.05) is 10.2 Å². The zero-order chi connectivity index (χ0) is 29.3. The number of amides is 1. The van der Waals surface area contributed by atoms with Crippen molar-refractivity contribution in [3.63, 3.8) is 0 Å². The number of nitrogens with zero attached hydrogens (tertiary/aromatic N) is 1. The molecule has 5 aromatic carbocycles. The largest absolute Gasteiger partial charge is 0.493 e. The molecule has 0 saturated carbocycles. The van der Waals surface area contributed by atoms with E-state index < -0.39 is 5.91 Å². The van der Waals surface area contributed by atoms with E-state index in [1.165, 1.54) is 11.5 Å². The number of rotatable bonds is 10. The van der Waals surface area contributed by atoms with Crippen LogP contribution in [0, 0.1) is 11.3 Å². The van der Waals surface area contributed by atoms with Gasteiger partial charge in [0.1, 0.15) is 30.6 Å². The van der Waals surface area contributed by atoms with Crippen LogP contribution in [0.3, 0.4) is 0 Å². The van der Waals surface area contributed by atoms with Crippen molar-refractivity contribution in [2.45, 2.75) is 13.2 Å². The fraction of sp³-hybridized carbons (Fsp3) is 0.0857. The third-order valence-electron chi connectivity index (χ3n) is 6.52. The van der Waals surface area contributed by atoms with E-state index in [4.69, 9.17) is 14.2 Å². The van der Waals surface area contributed by atoms with E-state index in [0.29, 0.717) is 46.2 Å². The highest BCUT2D eigenvalue weighted by molar-refractivity contribution is 9.10. The summed E-state index contributed by atoms with van der Waals surface area (Å²) in [6, 6.07) is 36.7. The Morgan fingerprint density at radius 3 is 2.26 bits per heavy atom. The lowest BCUT2D eigenvalue weighted by atomic mass is 10.1. The van der Waals surface area contributed by atoms with E-state index in [9.17, 15) is 10.1 Å². The number of ether oxygens (including phenoxy) is 3. The number of hydrogen-bond acceptors (Lipinski definition) is 5. The van der Waals surface area contributed by atoms with Crippen LogP contribution in [0.1, 0.15) is 16.7 Å². The lowest BCUT2D eigenvalue weighted by Crippen LogP contribution is -2.13. The number of hydrogen-bond donors (Lipinski definition) is 1. The summed E-state index contributed by atoms with van der Waals surface area (Å²) in [6.45, 7) is 0.796. The molecule has 0 aliphatic rings. The second kappa shape index (κ2) is 13.5. The molecule has 208 valence electrons. The monoisotopic (exact) mass is 618 g/mol. The number of nitriles is 1. The molecule has 0 bridgehead atoms. The summed E-state index contributed by atoms with van der Waals surface area (Å²) >= 11 is 3.55. The SMILES string of the molecule is COc1cc(/C=C(\C#N)C(=O)Nc2ccc(OCc3ccccc3)cc2)c(Br)cc1OCc1ccc2ccccc2c1. The molecule has 0 unspecified atom stereocenters. The molecule has 0 aliphatic heterocycles. The van der Waals surface area contributed by atoms with E-state index in [-0.39, 0.29) is 5.57 Å². The first-order valence-corrected chi connectivity index (χ1v) is 14.0. The molecule has 6 nitrogen and oxygen atoms in total. The van der Waals surface area contributed by atoms with E-state index >= 15 is 0 Å². The Morgan fingerprint density at radius 1 is 0.810 bits per heavy atom. The Kier molecular flexibility index (Phi) is 9.17. The fourth-order valence-corrected chi connectivity index (χ4v) is 4.74. The van der Waals surface area contributed by atoms with Crippen LogP contribution in [0.15, 0.2) is 119 Å². The standard InChI is InChI=1S/C35H27BrN2O4/c1-40-33-19-28(32(36)20-34(33)42-23-25-11-12-26-9-5-6-10-27(26)17-25)18-29(21-37)35(39)38-30-13-15-31(16-14-30)41-22-24-7-3-2-4-8-24/h2-20H,22-23H2,1H3,(H,38,39)/b29-18+. The average Bonchev–Trinajstić information content (AvgIpc) is 3.03. The molecule has 1 N–H and O–H groups in total. The lowest BCUT2D eigenvalue weighted by Gasteiger charge is -2.13. The van der Waals surface area contributed by atoms with Gasteiger partial charge in [-0.25, -0.2) is 0 Å². The number of nitrogens with one attached hydrogen (secondary N) is 1. The molecule has 42 heavy (non-hydrogen) atoms. The fourth-order valence-electron chi connectivity index (χ4n) is 4.30. The Morgan fingerprint density at radius 2 is 1.52 bits per heavy atom. The van der Waals surface area contributed by atoms with Crippen LogP contribution in [-0.4, -0.2) is 13.0 Å². The van der Waals surface area contributed by atoms with Crippen LogP contribution in [0.4, 0.5) is 5.69 Å². The maximum atomic E-state index is 12.9. The second-order valence-electron chi connectivity index (χ2n) is 9.42. The summed E-state index contributed by atoms with van der Waals surface area (Å²) in [5, 5.41) is 14.8. The predicted octanol–water partition coefficient (Wildman–Crippen LogP) is 8.31. The van der Waals surface area contributed by atoms with Gasteiger partial charge in [0.25, 0.3) is 5.91 Å². The van der Waals surface area contributed by atoms with Crippen molar-refractivity contribution in [2.24, 2.45) is 0 Å². The van der Waals surface area contributed by atoms with Crippen molar-refractivity contribution in [3.8, 4) is 23.3 Å². The summed E-state index contributed by atoms with van der Waals surface area (Å²) < 4.78 is 18.1. The van der Waals surface area contributed by atoms with Crippen molar-refractivity contribution in [1.29, 1.82) is 5.26 Å². The van der Waals surface area contributed by atoms with Gasteiger partial charge in [0.2, 0.25) is 0 Å². The van der Waals surface area contributed by atoms with Gasteiger partial charge in [0.15, 0.2) is 11.5 Å². The van der Waals surface area contributed by atoms with Crippen molar-refractivity contribution in [1.82, 2.24) is 0 Å². The molecule has 0 aromatic heterocycles. The van der Waals surface area contributed by atoms with E-state index in [0.717, 1.165) is 16.5 Å². The molecule has 0 fully saturated rings. The Balaban J connectivity index is 1.25. The quantitative estimate of drug-likeness (QED) is 0.126. The zero-order valence-electron chi connectivity index (χ0n) is 22.8. The van der Waals surface area contributed by atoms with Gasteiger partial charge in [-0.2, -0.15) is 5.26 Å². The van der Waals surface area contributed by atoms with Crippen molar-refractivity contribution in [2.75, 3.05) is 12.4 Å². The van der Waals surface area contributed by atoms with Gasteiger partial charge < -0.3 is 19.5 Å². The van der Waals surface area contributed by atoms with E-state index in [1.807, 2.05) is 54.6 Å². The highest BCUT2D eigenvalue weighted by Crippen LogP contribution is 2.35. The summed E-state index contributed by atoms with van der Waals surface area (Å²) in [5.41, 5.74) is 3.16. The van der Waals surface area contributed by atoms with Gasteiger partial charge >= 0.3 is 0 Å². The molecule has 0 atom stereocenters. The minimum absolute atomic E-state index is 0.0630. The maximum absolute atomic E-state index is 12.9. The van der Waals surface area contributed by atoms with E-state index in [2.05, 4.69) is 45.5 Å². The number of carbonyl (C=O) groups excluding carboxylic acids is 1. The third kappa shape index (κ3) is 7.17. The number of halogens is 1. The van der Waals surface area contributed by atoms with Crippen molar-refractivity contribution < 1.29 is 19.0 Å². The zero-order valence-corrected chi connectivity index (χ0v) is 24.4. The first-order valence-electron chi connectivity index (χ1n) is 13.2. The molecule has 7 heteroatoms. The third-order valence-corrected chi connectivity index (χ3v) is 7.20. The van der Waals surface area contributed by atoms with Crippen LogP contribution in [0.25, 0.3) is 16.8 Å². The van der Waals surface area contributed by atoms with Crippen LogP contribution in [0.2, 0.25) is 0 Å². The van der Waals surface area contributed by atoms with Gasteiger partial charge in [-0.05, 0) is 76.0 Å². The number of benzene rings is 5. The Hall–Kier alpha value is -5.06. The predicted molar refractivity (Wildman–Crippen MR) is 168 cm³/mol. The van der Waals surface area contributed by atoms with Gasteiger partial charge in [-0.15, -0.1) is 0 Å². The molecule has 0 saturated heterocycles. The first kappa shape index (κ1) is 28.5. The van der Waals surface area contributed by atoms with E-state index in [1.54, 1.807) is 43.5 Å². The molecule has 5 aromatic rings. The highest BCUT2D eigenvalue weighted by atomic mass is 79.9. The minimum Gasteiger partial charge on any atom is -0.493 e. The minimum atomic E-state index is -0.530. The van der Waals surface area contributed by atoms with Gasteiger partial charge in [0.05, 0.1) is 7.11 Å². The summed E-state index contributed by atoms with van der Waals surface area (Å²) in [5.74, 6) is 1.16. The topological polar surface area (TPSA) is 80.6 Å². The Bertz CT molecular complexity index is 1780. The second-order valence-corrected chi connectivity index (χ2v) is 10.3. The van der Waals surface area contributed by atoms with Crippen molar-refractivity contribution >= 4 is 44.4 Å². The number of fused-ring (bicyclic) bond motifs is 1. The highest BCUT2D eigenvalue weighted by Gasteiger charge is 2.14. The molecule has 1 amide bonds. The summed E-state index contributed by atoms with van der Waals surface area (Å²) in [7, 11) is 1.55. The van der Waals surface area contributed by atoms with Crippen LogP contribution in [-0.2, 0) is 18.0 Å². The van der Waals surface area contributed by atoms with Crippen LogP contribution < -0.4 is 19.5 Å². The maximum Gasteiger partial charge on any atom is 0.266 e. The van der Waals surface area contributed by atoms with Crippen LogP contribution >= 0.6 is 15.9 Å². The van der Waals surface area contributed by atoms with Crippen LogP contribution in [0.5, 0.6) is 17.2 Å².